The van der Waals surface area contributed by atoms with Crippen molar-refractivity contribution in [3.05, 3.63) is 60.2 Å². The Morgan fingerprint density at radius 1 is 1.10 bits per heavy atom. The van der Waals surface area contributed by atoms with E-state index in [0.717, 1.165) is 29.2 Å². The molecular weight excluding hydrogens is 399 g/mol. The maximum Gasteiger partial charge on any atom is 0.309 e. The molecule has 0 aliphatic carbocycles. The van der Waals surface area contributed by atoms with Crippen LogP contribution < -0.4 is 15.5 Å². The number of rotatable bonds is 8. The number of hydrogen-bond acceptors (Lipinski definition) is 5. The molecule has 1 atom stereocenters. The number of amides is 2. The lowest BCUT2D eigenvalue weighted by Crippen LogP contribution is -3.06. The molecule has 0 fully saturated rings. The molecule has 0 radical (unpaired) electrons. The second kappa shape index (κ2) is 10.1. The van der Waals surface area contributed by atoms with Crippen molar-refractivity contribution in [1.29, 1.82) is 0 Å². The Kier molecular flexibility index (Phi) is 7.80. The quantitative estimate of drug-likeness (QED) is 0.377. The summed E-state index contributed by atoms with van der Waals surface area (Å²) in [7, 11) is -0.161. The number of carbonyl (C=O) groups excluding carboxylic acids is 2. The Balaban J connectivity index is 2.17. The number of nitrogens with zero attached hydrogens (tertiary/aromatic N) is 1. The number of benzene rings is 1. The van der Waals surface area contributed by atoms with E-state index in [-0.39, 0.29) is 11.4 Å². The van der Waals surface area contributed by atoms with Gasteiger partial charge in [-0.2, -0.15) is 0 Å². The Morgan fingerprint density at radius 3 is 2.34 bits per heavy atom. The topological polar surface area (TPSA) is 110 Å². The van der Waals surface area contributed by atoms with Gasteiger partial charge in [0.05, 0.1) is 32.1 Å². The molecule has 8 nitrogen and oxygen atoms in total. The van der Waals surface area contributed by atoms with Gasteiger partial charge in [0.15, 0.2) is 9.84 Å². The summed E-state index contributed by atoms with van der Waals surface area (Å²) in [5, 5.41) is 3.66. The summed E-state index contributed by atoms with van der Waals surface area (Å²) in [6, 6.07) is 7.54. The van der Waals surface area contributed by atoms with Gasteiger partial charge in [-0.15, -0.1) is 0 Å². The van der Waals surface area contributed by atoms with E-state index >= 15 is 0 Å². The number of hydrogen-bond donors (Lipinski definition) is 3. The van der Waals surface area contributed by atoms with Crippen LogP contribution in [-0.4, -0.2) is 58.9 Å². The maximum atomic E-state index is 13.2. The highest BCUT2D eigenvalue weighted by atomic mass is 32.2. The van der Waals surface area contributed by atoms with Gasteiger partial charge in [0.25, 0.3) is 0 Å². The van der Waals surface area contributed by atoms with Crippen LogP contribution >= 0.6 is 0 Å². The van der Waals surface area contributed by atoms with E-state index in [1.807, 2.05) is 14.1 Å². The molecule has 2 rings (SSSR count). The number of aromatic nitrogens is 1. The SMILES string of the molecule is C[NH+](C)CCNC(=O)C(=O)NC[C@H](c1cccnc1)S(=O)(=O)c1ccc(F)cc1. The molecule has 0 bridgehead atoms. The summed E-state index contributed by atoms with van der Waals surface area (Å²) in [5.41, 5.74) is 0.341. The normalized spacial score (nSPS) is 12.4. The molecule has 2 aromatic rings. The predicted molar refractivity (Wildman–Crippen MR) is 104 cm³/mol. The fourth-order valence-corrected chi connectivity index (χ4v) is 4.18. The van der Waals surface area contributed by atoms with Gasteiger partial charge in [-0.1, -0.05) is 6.07 Å². The first kappa shape index (κ1) is 22.4. The van der Waals surface area contributed by atoms with Crippen LogP contribution in [0, 0.1) is 5.82 Å². The van der Waals surface area contributed by atoms with E-state index in [1.165, 1.54) is 12.4 Å². The van der Waals surface area contributed by atoms with Crippen LogP contribution in [0.5, 0.6) is 0 Å². The monoisotopic (exact) mass is 423 g/mol. The van der Waals surface area contributed by atoms with Crippen LogP contribution in [-0.2, 0) is 19.4 Å². The number of nitrogens with one attached hydrogen (secondary N) is 3. The molecule has 1 heterocycles. The van der Waals surface area contributed by atoms with E-state index < -0.39 is 32.7 Å². The Hall–Kier alpha value is -2.85. The van der Waals surface area contributed by atoms with Crippen LogP contribution in [0.1, 0.15) is 10.8 Å². The number of quaternary nitrogens is 1. The van der Waals surface area contributed by atoms with Gasteiger partial charge in [-0.3, -0.25) is 14.6 Å². The zero-order valence-corrected chi connectivity index (χ0v) is 17.0. The smallest absolute Gasteiger partial charge is 0.309 e. The first-order chi connectivity index (χ1) is 13.7. The fraction of sp³-hybridized carbons (Fsp3) is 0.316. The summed E-state index contributed by atoms with van der Waals surface area (Å²) < 4.78 is 39.3. The lowest BCUT2D eigenvalue weighted by Gasteiger charge is -2.18. The fourth-order valence-electron chi connectivity index (χ4n) is 2.53. The average molecular weight is 423 g/mol. The van der Waals surface area contributed by atoms with E-state index in [4.69, 9.17) is 0 Å². The maximum absolute atomic E-state index is 13.2. The molecule has 0 aliphatic rings. The van der Waals surface area contributed by atoms with Crippen LogP contribution in [0.4, 0.5) is 4.39 Å². The third-order valence-corrected chi connectivity index (χ3v) is 6.25. The molecule has 156 valence electrons. The molecule has 29 heavy (non-hydrogen) atoms. The standard InChI is InChI=1S/C19H23FN4O4S/c1-24(2)11-10-22-18(25)19(26)23-13-17(14-4-3-9-21-12-14)29(27,28)16-7-5-15(20)6-8-16/h3-9,12,17H,10-11,13H2,1-2H3,(H,22,25)(H,23,26)/p+1/t17-/m1/s1. The Bertz CT molecular complexity index is 934. The van der Waals surface area contributed by atoms with Crippen molar-refractivity contribution in [3.8, 4) is 0 Å². The molecule has 1 aromatic carbocycles. The van der Waals surface area contributed by atoms with E-state index in [0.29, 0.717) is 18.7 Å². The number of halogens is 1. The predicted octanol–water partition coefficient (Wildman–Crippen LogP) is -0.887. The first-order valence-corrected chi connectivity index (χ1v) is 10.5. The minimum absolute atomic E-state index is 0.0968. The van der Waals surface area contributed by atoms with Crippen LogP contribution in [0.15, 0.2) is 53.7 Å². The van der Waals surface area contributed by atoms with Crippen molar-refractivity contribution < 1.29 is 27.3 Å². The van der Waals surface area contributed by atoms with Crippen molar-refractivity contribution >= 4 is 21.7 Å². The van der Waals surface area contributed by atoms with Crippen molar-refractivity contribution in [1.82, 2.24) is 15.6 Å². The lowest BCUT2D eigenvalue weighted by molar-refractivity contribution is -0.856. The summed E-state index contributed by atoms with van der Waals surface area (Å²) in [5.74, 6) is -2.33. The van der Waals surface area contributed by atoms with E-state index in [9.17, 15) is 22.4 Å². The van der Waals surface area contributed by atoms with E-state index in [1.54, 1.807) is 12.1 Å². The van der Waals surface area contributed by atoms with Gasteiger partial charge in [-0.25, -0.2) is 12.8 Å². The van der Waals surface area contributed by atoms with Gasteiger partial charge < -0.3 is 15.5 Å². The number of likely N-dealkylation sites (N-methyl/N-ethyl adjacent to an activating group) is 1. The van der Waals surface area contributed by atoms with Gasteiger partial charge in [0.2, 0.25) is 0 Å². The van der Waals surface area contributed by atoms with Gasteiger partial charge in [0, 0.05) is 18.9 Å². The summed E-state index contributed by atoms with van der Waals surface area (Å²) in [4.78, 5) is 28.9. The number of sulfone groups is 1. The zero-order valence-electron chi connectivity index (χ0n) is 16.2. The highest BCUT2D eigenvalue weighted by molar-refractivity contribution is 7.91. The lowest BCUT2D eigenvalue weighted by atomic mass is 10.2. The molecule has 0 aliphatic heterocycles. The van der Waals surface area contributed by atoms with Crippen LogP contribution in [0.3, 0.4) is 0 Å². The third-order valence-electron chi connectivity index (χ3n) is 4.14. The zero-order chi connectivity index (χ0) is 21.4. The van der Waals surface area contributed by atoms with Gasteiger partial charge in [0.1, 0.15) is 11.1 Å². The highest BCUT2D eigenvalue weighted by Gasteiger charge is 2.30. The molecule has 0 saturated carbocycles. The van der Waals surface area contributed by atoms with Crippen molar-refractivity contribution in [2.45, 2.75) is 10.1 Å². The van der Waals surface area contributed by atoms with E-state index in [2.05, 4.69) is 15.6 Å². The molecule has 0 unspecified atom stereocenters. The summed E-state index contributed by atoms with van der Waals surface area (Å²) in [6.45, 7) is 0.612. The number of pyridine rings is 1. The third kappa shape index (κ3) is 6.33. The van der Waals surface area contributed by atoms with Crippen molar-refractivity contribution in [2.75, 3.05) is 33.7 Å². The van der Waals surface area contributed by atoms with Gasteiger partial charge >= 0.3 is 11.8 Å². The molecular formula is C19H24FN4O4S+. The molecule has 10 heteroatoms. The highest BCUT2D eigenvalue weighted by Crippen LogP contribution is 2.28. The number of carbonyl (C=O) groups is 2. The Morgan fingerprint density at radius 2 is 1.76 bits per heavy atom. The average Bonchev–Trinajstić information content (AvgIpc) is 2.68. The van der Waals surface area contributed by atoms with Crippen molar-refractivity contribution in [3.63, 3.8) is 0 Å². The minimum atomic E-state index is -3.98. The summed E-state index contributed by atoms with van der Waals surface area (Å²) in [6.07, 6.45) is 2.86. The minimum Gasteiger partial charge on any atom is -0.346 e. The second-order valence-corrected chi connectivity index (χ2v) is 8.83. The molecule has 0 spiro atoms. The first-order valence-electron chi connectivity index (χ1n) is 8.96. The molecule has 2 amide bonds. The van der Waals surface area contributed by atoms with Crippen molar-refractivity contribution in [2.24, 2.45) is 0 Å². The largest absolute Gasteiger partial charge is 0.346 e. The van der Waals surface area contributed by atoms with Crippen LogP contribution in [0.25, 0.3) is 0 Å². The molecule has 1 aromatic heterocycles. The Labute approximate surface area is 169 Å². The molecule has 3 N–H and O–H groups in total. The van der Waals surface area contributed by atoms with Crippen LogP contribution in [0.2, 0.25) is 0 Å². The second-order valence-electron chi connectivity index (χ2n) is 6.70. The van der Waals surface area contributed by atoms with Gasteiger partial charge in [-0.05, 0) is 35.9 Å². The summed E-state index contributed by atoms with van der Waals surface area (Å²) >= 11 is 0. The molecule has 0 saturated heterocycles.